The van der Waals surface area contributed by atoms with E-state index in [4.69, 9.17) is 16.3 Å². The Hall–Kier alpha value is -2.29. The molecule has 0 amide bonds. The third-order valence-electron chi connectivity index (χ3n) is 2.94. The van der Waals surface area contributed by atoms with E-state index in [1.807, 2.05) is 0 Å². The van der Waals surface area contributed by atoms with Gasteiger partial charge in [0.05, 0.1) is 12.0 Å². The molecular formula is C16H12ClNO3S. The van der Waals surface area contributed by atoms with Crippen molar-refractivity contribution in [1.29, 1.82) is 5.26 Å². The lowest BCUT2D eigenvalue weighted by Gasteiger charge is -2.04. The number of methoxy groups -OCH3 is 1. The summed E-state index contributed by atoms with van der Waals surface area (Å²) in [6.45, 7) is 0. The van der Waals surface area contributed by atoms with Crippen LogP contribution in [0.15, 0.2) is 58.3 Å². The summed E-state index contributed by atoms with van der Waals surface area (Å²) in [5.41, 5.74) is 0.592. The van der Waals surface area contributed by atoms with Crippen LogP contribution in [0.25, 0.3) is 6.08 Å². The number of benzene rings is 2. The van der Waals surface area contributed by atoms with E-state index in [-0.39, 0.29) is 9.80 Å². The van der Waals surface area contributed by atoms with Gasteiger partial charge in [-0.1, -0.05) is 23.7 Å². The molecule has 0 aliphatic carbocycles. The Morgan fingerprint density at radius 3 is 2.23 bits per heavy atom. The highest BCUT2D eigenvalue weighted by atomic mass is 35.5. The minimum absolute atomic E-state index is 0.0261. The number of hydrogen-bond donors (Lipinski definition) is 0. The Labute approximate surface area is 134 Å². The molecule has 0 heterocycles. The zero-order chi connectivity index (χ0) is 16.2. The number of halogens is 1. The molecular weight excluding hydrogens is 322 g/mol. The van der Waals surface area contributed by atoms with Crippen LogP contribution in [0.3, 0.4) is 0 Å². The summed E-state index contributed by atoms with van der Waals surface area (Å²) in [7, 11) is -2.33. The normalized spacial score (nSPS) is 11.8. The third kappa shape index (κ3) is 3.48. The standard InChI is InChI=1S/C16H12ClNO3S/c1-21-14-6-2-12(3-7-14)10-16(11-18)22(19,20)15-8-4-13(17)5-9-15/h2-10H,1H3/b16-10+. The van der Waals surface area contributed by atoms with Crippen LogP contribution in [0, 0.1) is 11.3 Å². The largest absolute Gasteiger partial charge is 0.497 e. The molecule has 0 saturated carbocycles. The lowest BCUT2D eigenvalue weighted by molar-refractivity contribution is 0.415. The van der Waals surface area contributed by atoms with Gasteiger partial charge in [0.2, 0.25) is 9.84 Å². The highest BCUT2D eigenvalue weighted by Crippen LogP contribution is 2.23. The van der Waals surface area contributed by atoms with Gasteiger partial charge in [0.15, 0.2) is 0 Å². The van der Waals surface area contributed by atoms with Gasteiger partial charge in [-0.2, -0.15) is 5.26 Å². The summed E-state index contributed by atoms with van der Waals surface area (Å²) in [6.07, 6.45) is 1.32. The predicted octanol–water partition coefficient (Wildman–Crippen LogP) is 3.69. The van der Waals surface area contributed by atoms with Crippen molar-refractivity contribution in [1.82, 2.24) is 0 Å². The molecule has 0 spiro atoms. The van der Waals surface area contributed by atoms with Gasteiger partial charge in [-0.15, -0.1) is 0 Å². The smallest absolute Gasteiger partial charge is 0.216 e. The zero-order valence-electron chi connectivity index (χ0n) is 11.7. The quantitative estimate of drug-likeness (QED) is 0.800. The van der Waals surface area contributed by atoms with E-state index in [1.54, 1.807) is 30.3 Å². The number of ether oxygens (including phenoxy) is 1. The molecule has 2 aromatic carbocycles. The summed E-state index contributed by atoms with van der Waals surface area (Å²) in [6, 6.07) is 14.2. The van der Waals surface area contributed by atoms with Gasteiger partial charge < -0.3 is 4.74 Å². The molecule has 112 valence electrons. The van der Waals surface area contributed by atoms with Gasteiger partial charge in [-0.05, 0) is 48.0 Å². The Bertz CT molecular complexity index is 832. The molecule has 2 rings (SSSR count). The molecule has 0 radical (unpaired) electrons. The van der Waals surface area contributed by atoms with Crippen LogP contribution in [0.5, 0.6) is 5.75 Å². The van der Waals surface area contributed by atoms with Crippen molar-refractivity contribution >= 4 is 27.5 Å². The van der Waals surface area contributed by atoms with Crippen LogP contribution < -0.4 is 4.74 Å². The lowest BCUT2D eigenvalue weighted by atomic mass is 10.2. The van der Waals surface area contributed by atoms with Crippen LogP contribution in [0.1, 0.15) is 5.56 Å². The molecule has 22 heavy (non-hydrogen) atoms. The number of nitrogens with zero attached hydrogens (tertiary/aromatic N) is 1. The summed E-state index contributed by atoms with van der Waals surface area (Å²) >= 11 is 5.75. The lowest BCUT2D eigenvalue weighted by Crippen LogP contribution is -2.03. The average Bonchev–Trinajstić information content (AvgIpc) is 2.53. The van der Waals surface area contributed by atoms with Crippen molar-refractivity contribution in [3.05, 3.63) is 64.0 Å². The third-order valence-corrected chi connectivity index (χ3v) is 4.87. The number of nitriles is 1. The first-order valence-electron chi connectivity index (χ1n) is 6.24. The van der Waals surface area contributed by atoms with E-state index in [1.165, 1.54) is 37.5 Å². The summed E-state index contributed by atoms with van der Waals surface area (Å²) in [5.74, 6) is 0.649. The van der Waals surface area contributed by atoms with Crippen molar-refractivity contribution < 1.29 is 13.2 Å². The van der Waals surface area contributed by atoms with Crippen molar-refractivity contribution in [2.24, 2.45) is 0 Å². The van der Waals surface area contributed by atoms with Crippen LogP contribution in [-0.4, -0.2) is 15.5 Å². The molecule has 0 saturated heterocycles. The highest BCUT2D eigenvalue weighted by Gasteiger charge is 2.20. The molecule has 0 aliphatic rings. The minimum Gasteiger partial charge on any atom is -0.497 e. The van der Waals surface area contributed by atoms with E-state index in [0.29, 0.717) is 16.3 Å². The maximum absolute atomic E-state index is 12.4. The van der Waals surface area contributed by atoms with Crippen LogP contribution in [-0.2, 0) is 9.84 Å². The molecule has 0 bridgehead atoms. The Morgan fingerprint density at radius 1 is 1.14 bits per heavy atom. The fraction of sp³-hybridized carbons (Fsp3) is 0.0625. The minimum atomic E-state index is -3.87. The molecule has 0 N–H and O–H groups in total. The predicted molar refractivity (Wildman–Crippen MR) is 85.2 cm³/mol. The molecule has 0 aromatic heterocycles. The van der Waals surface area contributed by atoms with Crippen LogP contribution >= 0.6 is 11.6 Å². The van der Waals surface area contributed by atoms with Gasteiger partial charge in [-0.3, -0.25) is 0 Å². The van der Waals surface area contributed by atoms with Crippen molar-refractivity contribution in [2.75, 3.05) is 7.11 Å². The van der Waals surface area contributed by atoms with Crippen LogP contribution in [0.2, 0.25) is 5.02 Å². The second-order valence-electron chi connectivity index (χ2n) is 4.35. The topological polar surface area (TPSA) is 67.2 Å². The van der Waals surface area contributed by atoms with Crippen molar-refractivity contribution in [3.63, 3.8) is 0 Å². The monoisotopic (exact) mass is 333 g/mol. The maximum atomic E-state index is 12.4. The summed E-state index contributed by atoms with van der Waals surface area (Å²) < 4.78 is 29.9. The Morgan fingerprint density at radius 2 is 1.73 bits per heavy atom. The summed E-state index contributed by atoms with van der Waals surface area (Å²) in [4.78, 5) is -0.307. The molecule has 4 nitrogen and oxygen atoms in total. The molecule has 0 unspecified atom stereocenters. The number of hydrogen-bond acceptors (Lipinski definition) is 4. The fourth-order valence-electron chi connectivity index (χ4n) is 1.76. The molecule has 0 fully saturated rings. The van der Waals surface area contributed by atoms with E-state index in [0.717, 1.165) is 0 Å². The Kier molecular flexibility index (Phi) is 4.86. The van der Waals surface area contributed by atoms with Crippen molar-refractivity contribution in [3.8, 4) is 11.8 Å². The number of allylic oxidation sites excluding steroid dienone is 1. The summed E-state index contributed by atoms with van der Waals surface area (Å²) in [5, 5.41) is 9.62. The van der Waals surface area contributed by atoms with E-state index < -0.39 is 9.84 Å². The number of sulfone groups is 1. The highest BCUT2D eigenvalue weighted by molar-refractivity contribution is 7.95. The van der Waals surface area contributed by atoms with Gasteiger partial charge >= 0.3 is 0 Å². The first kappa shape index (κ1) is 16.1. The molecule has 0 atom stereocenters. The van der Waals surface area contributed by atoms with E-state index in [2.05, 4.69) is 0 Å². The van der Waals surface area contributed by atoms with Gasteiger partial charge in [0, 0.05) is 5.02 Å². The maximum Gasteiger partial charge on any atom is 0.216 e. The Balaban J connectivity index is 2.43. The number of rotatable bonds is 4. The SMILES string of the molecule is COc1ccc(/C=C(\C#N)S(=O)(=O)c2ccc(Cl)cc2)cc1. The second kappa shape index (κ2) is 6.65. The molecule has 2 aromatic rings. The van der Waals surface area contributed by atoms with E-state index >= 15 is 0 Å². The zero-order valence-corrected chi connectivity index (χ0v) is 13.2. The second-order valence-corrected chi connectivity index (χ2v) is 6.71. The van der Waals surface area contributed by atoms with Gasteiger partial charge in [0.25, 0.3) is 0 Å². The fourth-order valence-corrected chi connectivity index (χ4v) is 3.05. The molecule has 6 heteroatoms. The molecule has 0 aliphatic heterocycles. The first-order valence-corrected chi connectivity index (χ1v) is 8.10. The van der Waals surface area contributed by atoms with Crippen LogP contribution in [0.4, 0.5) is 0 Å². The van der Waals surface area contributed by atoms with Gasteiger partial charge in [-0.25, -0.2) is 8.42 Å². The average molecular weight is 334 g/mol. The van der Waals surface area contributed by atoms with Gasteiger partial charge in [0.1, 0.15) is 16.7 Å². The first-order chi connectivity index (χ1) is 10.5. The van der Waals surface area contributed by atoms with Crippen molar-refractivity contribution in [2.45, 2.75) is 4.90 Å². The van der Waals surface area contributed by atoms with E-state index in [9.17, 15) is 13.7 Å².